The SMILES string of the molecule is CCCNCCS(=O)(=O)NCC1CCCCC1C. The maximum atomic E-state index is 11.8. The van der Waals surface area contributed by atoms with Crippen LogP contribution in [0.4, 0.5) is 0 Å². The fraction of sp³-hybridized carbons (Fsp3) is 1.00. The van der Waals surface area contributed by atoms with Gasteiger partial charge in [-0.3, -0.25) is 0 Å². The van der Waals surface area contributed by atoms with Crippen molar-refractivity contribution in [1.82, 2.24) is 10.0 Å². The van der Waals surface area contributed by atoms with Crippen molar-refractivity contribution in [2.24, 2.45) is 11.8 Å². The van der Waals surface area contributed by atoms with Gasteiger partial charge in [-0.05, 0) is 31.2 Å². The molecule has 0 aromatic rings. The van der Waals surface area contributed by atoms with E-state index in [9.17, 15) is 8.42 Å². The van der Waals surface area contributed by atoms with Crippen LogP contribution in [0.2, 0.25) is 0 Å². The Kier molecular flexibility index (Phi) is 7.19. The molecule has 0 heterocycles. The van der Waals surface area contributed by atoms with Crippen molar-refractivity contribution in [3.05, 3.63) is 0 Å². The van der Waals surface area contributed by atoms with E-state index in [0.717, 1.165) is 19.4 Å². The largest absolute Gasteiger partial charge is 0.316 e. The lowest BCUT2D eigenvalue weighted by Crippen LogP contribution is -2.37. The van der Waals surface area contributed by atoms with E-state index in [-0.39, 0.29) is 5.75 Å². The minimum Gasteiger partial charge on any atom is -0.316 e. The average Bonchev–Trinajstić information content (AvgIpc) is 2.34. The fourth-order valence-electron chi connectivity index (χ4n) is 2.51. The maximum absolute atomic E-state index is 11.8. The van der Waals surface area contributed by atoms with Crippen LogP contribution in [0.3, 0.4) is 0 Å². The van der Waals surface area contributed by atoms with Gasteiger partial charge < -0.3 is 5.32 Å². The molecule has 1 fully saturated rings. The van der Waals surface area contributed by atoms with Crippen molar-refractivity contribution in [2.45, 2.75) is 46.0 Å². The third-order valence-corrected chi connectivity index (χ3v) is 5.18. The number of rotatable bonds is 8. The number of nitrogens with one attached hydrogen (secondary N) is 2. The monoisotopic (exact) mass is 276 g/mol. The predicted molar refractivity (Wildman–Crippen MR) is 76.1 cm³/mol. The van der Waals surface area contributed by atoms with Gasteiger partial charge in [0.05, 0.1) is 5.75 Å². The summed E-state index contributed by atoms with van der Waals surface area (Å²) < 4.78 is 26.4. The van der Waals surface area contributed by atoms with Gasteiger partial charge in [-0.1, -0.05) is 33.1 Å². The van der Waals surface area contributed by atoms with Gasteiger partial charge in [-0.15, -0.1) is 0 Å². The first-order chi connectivity index (χ1) is 8.55. The number of hydrogen-bond donors (Lipinski definition) is 2. The molecule has 5 heteroatoms. The highest BCUT2D eigenvalue weighted by molar-refractivity contribution is 7.89. The first kappa shape index (κ1) is 15.9. The summed E-state index contributed by atoms with van der Waals surface area (Å²) in [4.78, 5) is 0. The standard InChI is InChI=1S/C13H28N2O2S/c1-3-8-14-9-10-18(16,17)15-11-13-7-5-4-6-12(13)2/h12-15H,3-11H2,1-2H3. The minimum atomic E-state index is -3.10. The van der Waals surface area contributed by atoms with Crippen molar-refractivity contribution in [1.29, 1.82) is 0 Å². The summed E-state index contributed by atoms with van der Waals surface area (Å²) in [5, 5.41) is 3.12. The molecule has 2 unspecified atom stereocenters. The average molecular weight is 276 g/mol. The second-order valence-corrected chi connectivity index (χ2v) is 7.37. The molecule has 0 aromatic heterocycles. The van der Waals surface area contributed by atoms with Gasteiger partial charge in [0.15, 0.2) is 0 Å². The summed E-state index contributed by atoms with van der Waals surface area (Å²) in [5.41, 5.74) is 0. The third-order valence-electron chi connectivity index (χ3n) is 3.83. The van der Waals surface area contributed by atoms with Crippen LogP contribution in [0.1, 0.15) is 46.0 Å². The topological polar surface area (TPSA) is 58.2 Å². The lowest BCUT2D eigenvalue weighted by atomic mass is 9.81. The number of hydrogen-bond acceptors (Lipinski definition) is 3. The molecular formula is C13H28N2O2S. The van der Waals surface area contributed by atoms with Gasteiger partial charge >= 0.3 is 0 Å². The highest BCUT2D eigenvalue weighted by atomic mass is 32.2. The minimum absolute atomic E-state index is 0.189. The first-order valence-corrected chi connectivity index (χ1v) is 8.88. The Labute approximate surface area is 112 Å². The Morgan fingerprint density at radius 1 is 1.17 bits per heavy atom. The van der Waals surface area contributed by atoms with Crippen LogP contribution in [-0.2, 0) is 10.0 Å². The van der Waals surface area contributed by atoms with Crippen LogP contribution < -0.4 is 10.0 Å². The van der Waals surface area contributed by atoms with Crippen LogP contribution in [0.15, 0.2) is 0 Å². The molecule has 0 aromatic carbocycles. The molecule has 4 nitrogen and oxygen atoms in total. The molecule has 0 aliphatic heterocycles. The zero-order chi connectivity index (χ0) is 13.4. The van der Waals surface area contributed by atoms with Gasteiger partial charge in [0.1, 0.15) is 0 Å². The Hall–Kier alpha value is -0.130. The van der Waals surface area contributed by atoms with Crippen LogP contribution >= 0.6 is 0 Å². The van der Waals surface area contributed by atoms with E-state index in [0.29, 0.717) is 24.9 Å². The van der Waals surface area contributed by atoms with E-state index < -0.39 is 10.0 Å². The van der Waals surface area contributed by atoms with Crippen molar-refractivity contribution in [2.75, 3.05) is 25.4 Å². The second kappa shape index (κ2) is 8.12. The smallest absolute Gasteiger partial charge is 0.212 e. The van der Waals surface area contributed by atoms with Gasteiger partial charge in [0.25, 0.3) is 0 Å². The highest BCUT2D eigenvalue weighted by Crippen LogP contribution is 2.28. The molecule has 0 radical (unpaired) electrons. The van der Waals surface area contributed by atoms with E-state index in [4.69, 9.17) is 0 Å². The summed E-state index contributed by atoms with van der Waals surface area (Å²) in [7, 11) is -3.10. The van der Waals surface area contributed by atoms with E-state index in [1.807, 2.05) is 0 Å². The molecule has 0 spiro atoms. The lowest BCUT2D eigenvalue weighted by Gasteiger charge is -2.28. The third kappa shape index (κ3) is 6.16. The summed E-state index contributed by atoms with van der Waals surface area (Å²) in [5.74, 6) is 1.37. The molecule has 0 amide bonds. The Balaban J connectivity index is 2.23. The Bertz CT molecular complexity index is 317. The molecule has 1 rings (SSSR count). The lowest BCUT2D eigenvalue weighted by molar-refractivity contribution is 0.257. The van der Waals surface area contributed by atoms with Gasteiger partial charge in [0.2, 0.25) is 10.0 Å². The quantitative estimate of drug-likeness (QED) is 0.664. The van der Waals surface area contributed by atoms with Crippen LogP contribution in [-0.4, -0.2) is 33.8 Å². The predicted octanol–water partition coefficient (Wildman–Crippen LogP) is 1.73. The highest BCUT2D eigenvalue weighted by Gasteiger charge is 2.22. The molecule has 1 saturated carbocycles. The van der Waals surface area contributed by atoms with E-state index in [2.05, 4.69) is 23.9 Å². The summed E-state index contributed by atoms with van der Waals surface area (Å²) >= 11 is 0. The molecule has 0 saturated heterocycles. The normalized spacial score (nSPS) is 25.2. The van der Waals surface area contributed by atoms with Gasteiger partial charge in [-0.25, -0.2) is 13.1 Å². The van der Waals surface area contributed by atoms with Gasteiger partial charge in [-0.2, -0.15) is 0 Å². The van der Waals surface area contributed by atoms with Crippen molar-refractivity contribution >= 4 is 10.0 Å². The molecular weight excluding hydrogens is 248 g/mol. The second-order valence-electron chi connectivity index (χ2n) is 5.44. The molecule has 2 atom stereocenters. The fourth-order valence-corrected chi connectivity index (χ4v) is 3.54. The van der Waals surface area contributed by atoms with Crippen LogP contribution in [0, 0.1) is 11.8 Å². The van der Waals surface area contributed by atoms with Crippen LogP contribution in [0.5, 0.6) is 0 Å². The molecule has 1 aliphatic carbocycles. The van der Waals surface area contributed by atoms with E-state index >= 15 is 0 Å². The van der Waals surface area contributed by atoms with Crippen molar-refractivity contribution in [3.63, 3.8) is 0 Å². The zero-order valence-electron chi connectivity index (χ0n) is 11.7. The molecule has 2 N–H and O–H groups in total. The molecule has 0 bridgehead atoms. The van der Waals surface area contributed by atoms with Crippen LogP contribution in [0.25, 0.3) is 0 Å². The Morgan fingerprint density at radius 2 is 1.89 bits per heavy atom. The molecule has 1 aliphatic rings. The van der Waals surface area contributed by atoms with Crippen molar-refractivity contribution in [3.8, 4) is 0 Å². The summed E-state index contributed by atoms with van der Waals surface area (Å²) in [6, 6.07) is 0. The summed E-state index contributed by atoms with van der Waals surface area (Å²) in [6.07, 6.45) is 5.98. The van der Waals surface area contributed by atoms with E-state index in [1.165, 1.54) is 19.3 Å². The number of sulfonamides is 1. The Morgan fingerprint density at radius 3 is 2.56 bits per heavy atom. The molecule has 18 heavy (non-hydrogen) atoms. The zero-order valence-corrected chi connectivity index (χ0v) is 12.6. The van der Waals surface area contributed by atoms with Gasteiger partial charge in [0, 0.05) is 13.1 Å². The first-order valence-electron chi connectivity index (χ1n) is 7.23. The maximum Gasteiger partial charge on any atom is 0.212 e. The summed E-state index contributed by atoms with van der Waals surface area (Å²) in [6.45, 7) is 6.36. The van der Waals surface area contributed by atoms with Crippen molar-refractivity contribution < 1.29 is 8.42 Å². The van der Waals surface area contributed by atoms with E-state index in [1.54, 1.807) is 0 Å². The molecule has 108 valence electrons.